The van der Waals surface area contributed by atoms with Gasteiger partial charge in [-0.1, -0.05) is 0 Å². The molecule has 2 aromatic heterocycles. The lowest BCUT2D eigenvalue weighted by Crippen LogP contribution is -2.04. The van der Waals surface area contributed by atoms with E-state index in [2.05, 4.69) is 9.97 Å². The number of H-pyrrole nitrogens is 1. The molecule has 102 valence electrons. The molecule has 3 rings (SSSR count). The Morgan fingerprint density at radius 3 is 2.45 bits per heavy atom. The predicted octanol–water partition coefficient (Wildman–Crippen LogP) is 3.81. The highest BCUT2D eigenvalue weighted by atomic mass is 32.1. The van der Waals surface area contributed by atoms with Crippen molar-refractivity contribution in [2.45, 2.75) is 6.92 Å². The Morgan fingerprint density at radius 2 is 1.80 bits per heavy atom. The van der Waals surface area contributed by atoms with Crippen LogP contribution in [0, 0.1) is 29.1 Å². The van der Waals surface area contributed by atoms with Gasteiger partial charge in [0.1, 0.15) is 11.5 Å². The van der Waals surface area contributed by atoms with Crippen LogP contribution in [0.15, 0.2) is 24.3 Å². The summed E-state index contributed by atoms with van der Waals surface area (Å²) in [7, 11) is 0. The number of aryl methyl sites for hydroxylation is 1. The first-order chi connectivity index (χ1) is 9.47. The van der Waals surface area contributed by atoms with Gasteiger partial charge >= 0.3 is 0 Å². The molecule has 7 heteroatoms. The first-order valence-corrected chi connectivity index (χ1v) is 6.11. The van der Waals surface area contributed by atoms with Crippen LogP contribution in [0.4, 0.5) is 13.2 Å². The molecule has 0 spiro atoms. The van der Waals surface area contributed by atoms with Crippen LogP contribution >= 0.6 is 12.2 Å². The minimum atomic E-state index is -1.04. The van der Waals surface area contributed by atoms with Crippen LogP contribution in [-0.2, 0) is 0 Å². The molecule has 1 aromatic carbocycles. The number of hydrogen-bond donors (Lipinski definition) is 1. The van der Waals surface area contributed by atoms with E-state index in [1.165, 1.54) is 0 Å². The number of aromatic nitrogens is 3. The number of benzene rings is 1. The number of imidazole rings is 1. The molecule has 20 heavy (non-hydrogen) atoms. The van der Waals surface area contributed by atoms with Crippen molar-refractivity contribution < 1.29 is 13.2 Å². The lowest BCUT2D eigenvalue weighted by Gasteiger charge is -2.07. The zero-order valence-corrected chi connectivity index (χ0v) is 11.1. The summed E-state index contributed by atoms with van der Waals surface area (Å²) in [4.78, 5) is 7.03. The smallest absolute Gasteiger partial charge is 0.184 e. The van der Waals surface area contributed by atoms with Gasteiger partial charge in [-0.05, 0) is 31.3 Å². The van der Waals surface area contributed by atoms with Crippen molar-refractivity contribution in [3.63, 3.8) is 0 Å². The molecule has 0 aliphatic carbocycles. The maximum absolute atomic E-state index is 13.9. The Morgan fingerprint density at radius 1 is 1.15 bits per heavy atom. The molecule has 0 saturated carbocycles. The molecule has 0 atom stereocenters. The van der Waals surface area contributed by atoms with Crippen LogP contribution in [0.3, 0.4) is 0 Å². The number of rotatable bonds is 1. The zero-order valence-electron chi connectivity index (χ0n) is 10.2. The second-order valence-corrected chi connectivity index (χ2v) is 4.69. The van der Waals surface area contributed by atoms with Gasteiger partial charge in [-0.25, -0.2) is 18.2 Å². The summed E-state index contributed by atoms with van der Waals surface area (Å²) in [5.41, 5.74) is 1.06. The number of nitrogens with one attached hydrogen (secondary N) is 1. The third-order valence-electron chi connectivity index (χ3n) is 2.88. The minimum Gasteiger partial charge on any atom is -0.329 e. The fourth-order valence-electron chi connectivity index (χ4n) is 2.03. The highest BCUT2D eigenvalue weighted by Gasteiger charge is 2.17. The number of pyridine rings is 1. The molecule has 0 unspecified atom stereocenters. The molecule has 1 N–H and O–H groups in total. The minimum absolute atomic E-state index is 0.0857. The zero-order chi connectivity index (χ0) is 14.4. The predicted molar refractivity (Wildman–Crippen MR) is 70.9 cm³/mol. The number of halogens is 3. The molecule has 3 aromatic rings. The highest BCUT2D eigenvalue weighted by Crippen LogP contribution is 2.24. The Labute approximate surface area is 116 Å². The van der Waals surface area contributed by atoms with Crippen LogP contribution < -0.4 is 0 Å². The van der Waals surface area contributed by atoms with Gasteiger partial charge in [0.25, 0.3) is 0 Å². The van der Waals surface area contributed by atoms with Crippen LogP contribution in [0.1, 0.15) is 5.69 Å². The molecule has 3 nitrogen and oxygen atoms in total. The molecule has 0 amide bonds. The summed E-state index contributed by atoms with van der Waals surface area (Å²) in [5, 5.41) is 0. The first-order valence-electron chi connectivity index (χ1n) is 5.70. The molecule has 0 aliphatic rings. The number of nitrogens with zero attached hydrogens (tertiary/aromatic N) is 2. The van der Waals surface area contributed by atoms with Gasteiger partial charge in [0.2, 0.25) is 0 Å². The van der Waals surface area contributed by atoms with E-state index in [1.807, 2.05) is 0 Å². The molecule has 0 bridgehead atoms. The Balaban J connectivity index is 2.44. The SMILES string of the molecule is Cc1ccc2[nH]c(=S)n(-c3c(F)cc(F)cc3F)c2n1. The summed E-state index contributed by atoms with van der Waals surface area (Å²) < 4.78 is 42.0. The van der Waals surface area contributed by atoms with Crippen molar-refractivity contribution in [3.05, 3.63) is 52.2 Å². The lowest BCUT2D eigenvalue weighted by atomic mass is 10.2. The third kappa shape index (κ3) is 1.90. The quantitative estimate of drug-likeness (QED) is 0.693. The van der Waals surface area contributed by atoms with Gasteiger partial charge in [0.05, 0.1) is 5.52 Å². The molecular weight excluding hydrogens is 287 g/mol. The van der Waals surface area contributed by atoms with Gasteiger partial charge < -0.3 is 4.98 Å². The monoisotopic (exact) mass is 295 g/mol. The summed E-state index contributed by atoms with van der Waals surface area (Å²) in [5.74, 6) is -3.06. The Hall–Kier alpha value is -2.15. The van der Waals surface area contributed by atoms with E-state index < -0.39 is 23.1 Å². The largest absolute Gasteiger partial charge is 0.329 e. The van der Waals surface area contributed by atoms with E-state index in [-0.39, 0.29) is 4.77 Å². The second kappa shape index (κ2) is 4.45. The average molecular weight is 295 g/mol. The van der Waals surface area contributed by atoms with Gasteiger partial charge in [-0.3, -0.25) is 4.57 Å². The fourth-order valence-corrected chi connectivity index (χ4v) is 2.32. The van der Waals surface area contributed by atoms with Crippen LogP contribution in [0.5, 0.6) is 0 Å². The van der Waals surface area contributed by atoms with Crippen molar-refractivity contribution in [2.24, 2.45) is 0 Å². The Kier molecular flexibility index (Phi) is 2.86. The number of aromatic amines is 1. The highest BCUT2D eigenvalue weighted by molar-refractivity contribution is 7.71. The van der Waals surface area contributed by atoms with E-state index in [0.717, 1.165) is 4.57 Å². The van der Waals surface area contributed by atoms with Crippen LogP contribution in [0.25, 0.3) is 16.9 Å². The normalized spacial score (nSPS) is 11.2. The second-order valence-electron chi connectivity index (χ2n) is 4.31. The standard InChI is InChI=1S/C13H8F3N3S/c1-6-2-3-10-12(17-6)19(13(20)18-10)11-8(15)4-7(14)5-9(11)16/h2-5H,1H3,(H,18,20). The van der Waals surface area contributed by atoms with Gasteiger partial charge in [0, 0.05) is 17.8 Å². The number of hydrogen-bond acceptors (Lipinski definition) is 2. The molecule has 0 aliphatic heterocycles. The van der Waals surface area contributed by atoms with Crippen LogP contribution in [0.2, 0.25) is 0 Å². The molecule has 0 fully saturated rings. The summed E-state index contributed by atoms with van der Waals surface area (Å²) in [6.45, 7) is 1.75. The van der Waals surface area contributed by atoms with E-state index in [9.17, 15) is 13.2 Å². The maximum atomic E-state index is 13.9. The Bertz CT molecular complexity index is 859. The lowest BCUT2D eigenvalue weighted by molar-refractivity contribution is 0.534. The summed E-state index contributed by atoms with van der Waals surface area (Å²) in [6.07, 6.45) is 0. The first kappa shape index (κ1) is 12.9. The average Bonchev–Trinajstić information content (AvgIpc) is 2.65. The van der Waals surface area contributed by atoms with Crippen LogP contribution in [-0.4, -0.2) is 14.5 Å². The van der Waals surface area contributed by atoms with E-state index in [4.69, 9.17) is 12.2 Å². The van der Waals surface area contributed by atoms with Gasteiger partial charge in [-0.2, -0.15) is 0 Å². The van der Waals surface area contributed by atoms with Crippen molar-refractivity contribution in [1.29, 1.82) is 0 Å². The third-order valence-corrected chi connectivity index (χ3v) is 3.16. The fraction of sp³-hybridized carbons (Fsp3) is 0.0769. The summed E-state index contributed by atoms with van der Waals surface area (Å²) >= 11 is 5.07. The summed E-state index contributed by atoms with van der Waals surface area (Å²) in [6, 6.07) is 4.67. The molecule has 0 radical (unpaired) electrons. The van der Waals surface area contributed by atoms with E-state index in [0.29, 0.717) is 29.0 Å². The molecule has 2 heterocycles. The van der Waals surface area contributed by atoms with Gasteiger partial charge in [-0.15, -0.1) is 0 Å². The van der Waals surface area contributed by atoms with Crippen molar-refractivity contribution >= 4 is 23.4 Å². The molecular formula is C13H8F3N3S. The topological polar surface area (TPSA) is 33.6 Å². The van der Waals surface area contributed by atoms with Crippen molar-refractivity contribution in [2.75, 3.05) is 0 Å². The van der Waals surface area contributed by atoms with Gasteiger partial charge in [0.15, 0.2) is 22.1 Å². The van der Waals surface area contributed by atoms with E-state index >= 15 is 0 Å². The molecule has 0 saturated heterocycles. The number of fused-ring (bicyclic) bond motifs is 1. The van der Waals surface area contributed by atoms with Crippen molar-refractivity contribution in [1.82, 2.24) is 14.5 Å². The van der Waals surface area contributed by atoms with E-state index in [1.54, 1.807) is 19.1 Å². The maximum Gasteiger partial charge on any atom is 0.184 e. The van der Waals surface area contributed by atoms with Crippen molar-refractivity contribution in [3.8, 4) is 5.69 Å².